The molecular formula is C14H24N4. The fourth-order valence-electron chi connectivity index (χ4n) is 2.72. The second-order valence-electron chi connectivity index (χ2n) is 5.06. The molecule has 0 amide bonds. The van der Waals surface area contributed by atoms with Crippen molar-refractivity contribution in [2.75, 3.05) is 31.6 Å². The Labute approximate surface area is 110 Å². The highest BCUT2D eigenvalue weighted by Gasteiger charge is 2.24. The minimum atomic E-state index is 0.540. The molecule has 1 aromatic rings. The first kappa shape index (κ1) is 13.3. The predicted octanol–water partition coefficient (Wildman–Crippen LogP) is 1.46. The SMILES string of the molecule is CCC1CN(C)CCCN1c1ncccc1CN. The van der Waals surface area contributed by atoms with E-state index >= 15 is 0 Å². The van der Waals surface area contributed by atoms with Gasteiger partial charge < -0.3 is 15.5 Å². The molecule has 4 heteroatoms. The third-order valence-electron chi connectivity index (χ3n) is 3.73. The number of nitrogens with zero attached hydrogens (tertiary/aromatic N) is 3. The van der Waals surface area contributed by atoms with Crippen molar-refractivity contribution in [3.05, 3.63) is 23.9 Å². The van der Waals surface area contributed by atoms with Crippen LogP contribution in [0.5, 0.6) is 0 Å². The lowest BCUT2D eigenvalue weighted by Gasteiger charge is -2.32. The van der Waals surface area contributed by atoms with Gasteiger partial charge in [0.1, 0.15) is 5.82 Å². The van der Waals surface area contributed by atoms with Gasteiger partial charge in [-0.05, 0) is 32.5 Å². The Morgan fingerprint density at radius 3 is 3.00 bits per heavy atom. The Balaban J connectivity index is 2.28. The molecule has 1 atom stereocenters. The Morgan fingerprint density at radius 1 is 1.44 bits per heavy atom. The second-order valence-corrected chi connectivity index (χ2v) is 5.06. The monoisotopic (exact) mass is 248 g/mol. The third-order valence-corrected chi connectivity index (χ3v) is 3.73. The summed E-state index contributed by atoms with van der Waals surface area (Å²) in [6, 6.07) is 4.60. The summed E-state index contributed by atoms with van der Waals surface area (Å²) in [4.78, 5) is 9.43. The first-order valence-corrected chi connectivity index (χ1v) is 6.85. The van der Waals surface area contributed by atoms with Crippen molar-refractivity contribution < 1.29 is 0 Å². The third kappa shape index (κ3) is 2.82. The van der Waals surface area contributed by atoms with Gasteiger partial charge in [-0.2, -0.15) is 0 Å². The van der Waals surface area contributed by atoms with Gasteiger partial charge in [0.15, 0.2) is 0 Å². The molecule has 1 unspecified atom stereocenters. The van der Waals surface area contributed by atoms with Crippen LogP contribution in [-0.4, -0.2) is 42.6 Å². The smallest absolute Gasteiger partial charge is 0.133 e. The van der Waals surface area contributed by atoms with Gasteiger partial charge in [-0.1, -0.05) is 13.0 Å². The molecule has 18 heavy (non-hydrogen) atoms. The summed E-state index contributed by atoms with van der Waals surface area (Å²) in [5, 5.41) is 0. The van der Waals surface area contributed by atoms with E-state index in [2.05, 4.69) is 34.8 Å². The number of aromatic nitrogens is 1. The maximum Gasteiger partial charge on any atom is 0.133 e. The van der Waals surface area contributed by atoms with Crippen LogP contribution in [0.1, 0.15) is 25.3 Å². The zero-order chi connectivity index (χ0) is 13.0. The molecule has 1 aromatic heterocycles. The summed E-state index contributed by atoms with van der Waals surface area (Å²) < 4.78 is 0. The molecule has 1 aliphatic rings. The zero-order valence-corrected chi connectivity index (χ0v) is 11.5. The van der Waals surface area contributed by atoms with Crippen LogP contribution in [0.4, 0.5) is 5.82 Å². The van der Waals surface area contributed by atoms with E-state index < -0.39 is 0 Å². The maximum atomic E-state index is 5.83. The highest BCUT2D eigenvalue weighted by molar-refractivity contribution is 5.48. The van der Waals surface area contributed by atoms with E-state index in [0.717, 1.165) is 37.4 Å². The average molecular weight is 248 g/mol. The van der Waals surface area contributed by atoms with Crippen molar-refractivity contribution >= 4 is 5.82 Å². The maximum absolute atomic E-state index is 5.83. The fraction of sp³-hybridized carbons (Fsp3) is 0.643. The molecule has 0 saturated carbocycles. The van der Waals surface area contributed by atoms with Crippen molar-refractivity contribution in [2.24, 2.45) is 5.73 Å². The molecule has 0 radical (unpaired) electrons. The Morgan fingerprint density at radius 2 is 2.28 bits per heavy atom. The second kappa shape index (κ2) is 6.16. The van der Waals surface area contributed by atoms with Gasteiger partial charge in [-0.15, -0.1) is 0 Å². The van der Waals surface area contributed by atoms with Crippen LogP contribution in [0, 0.1) is 0 Å². The van der Waals surface area contributed by atoms with E-state index in [1.807, 2.05) is 12.3 Å². The lowest BCUT2D eigenvalue weighted by Crippen LogP contribution is -2.40. The van der Waals surface area contributed by atoms with Crippen molar-refractivity contribution in [3.63, 3.8) is 0 Å². The summed E-state index contributed by atoms with van der Waals surface area (Å²) in [6.45, 7) is 6.16. The average Bonchev–Trinajstić information content (AvgIpc) is 2.60. The summed E-state index contributed by atoms with van der Waals surface area (Å²) in [7, 11) is 2.20. The van der Waals surface area contributed by atoms with Gasteiger partial charge in [-0.3, -0.25) is 0 Å². The van der Waals surface area contributed by atoms with E-state index in [0.29, 0.717) is 12.6 Å². The minimum absolute atomic E-state index is 0.540. The highest BCUT2D eigenvalue weighted by atomic mass is 15.3. The van der Waals surface area contributed by atoms with Gasteiger partial charge in [0.2, 0.25) is 0 Å². The first-order valence-electron chi connectivity index (χ1n) is 6.85. The summed E-state index contributed by atoms with van der Waals surface area (Å²) in [5.41, 5.74) is 6.99. The molecule has 0 aliphatic carbocycles. The molecule has 2 N–H and O–H groups in total. The lowest BCUT2D eigenvalue weighted by atomic mass is 10.1. The molecule has 0 bridgehead atoms. The van der Waals surface area contributed by atoms with Crippen molar-refractivity contribution in [1.29, 1.82) is 0 Å². The number of hydrogen-bond donors (Lipinski definition) is 1. The number of hydrogen-bond acceptors (Lipinski definition) is 4. The van der Waals surface area contributed by atoms with Crippen LogP contribution in [0.2, 0.25) is 0 Å². The van der Waals surface area contributed by atoms with Gasteiger partial charge in [0.25, 0.3) is 0 Å². The minimum Gasteiger partial charge on any atom is -0.352 e. The number of rotatable bonds is 3. The van der Waals surface area contributed by atoms with Gasteiger partial charge in [-0.25, -0.2) is 4.98 Å². The molecule has 1 saturated heterocycles. The number of anilines is 1. The van der Waals surface area contributed by atoms with Crippen LogP contribution in [0.3, 0.4) is 0 Å². The molecule has 0 spiro atoms. The van der Waals surface area contributed by atoms with Crippen molar-refractivity contribution in [3.8, 4) is 0 Å². The van der Waals surface area contributed by atoms with Gasteiger partial charge in [0.05, 0.1) is 0 Å². The summed E-state index contributed by atoms with van der Waals surface area (Å²) in [6.07, 6.45) is 4.20. The molecule has 1 fully saturated rings. The quantitative estimate of drug-likeness (QED) is 0.879. The summed E-state index contributed by atoms with van der Waals surface area (Å²) >= 11 is 0. The standard InChI is InChI=1S/C14H24N4/c1-3-13-11-17(2)8-5-9-18(13)14-12(10-15)6-4-7-16-14/h4,6-7,13H,3,5,8-11,15H2,1-2H3. The first-order chi connectivity index (χ1) is 8.76. The Hall–Kier alpha value is -1.13. The Bertz CT molecular complexity index is 380. The Kier molecular flexibility index (Phi) is 4.55. The molecule has 2 rings (SSSR count). The van der Waals surface area contributed by atoms with Crippen LogP contribution in [0.15, 0.2) is 18.3 Å². The van der Waals surface area contributed by atoms with E-state index in [-0.39, 0.29) is 0 Å². The zero-order valence-electron chi connectivity index (χ0n) is 11.5. The van der Waals surface area contributed by atoms with E-state index in [1.165, 1.54) is 6.42 Å². The van der Waals surface area contributed by atoms with Crippen LogP contribution < -0.4 is 10.6 Å². The fourth-order valence-corrected chi connectivity index (χ4v) is 2.72. The topological polar surface area (TPSA) is 45.4 Å². The molecule has 4 nitrogen and oxygen atoms in total. The molecule has 2 heterocycles. The largest absolute Gasteiger partial charge is 0.352 e. The molecular weight excluding hydrogens is 224 g/mol. The number of pyridine rings is 1. The molecule has 1 aliphatic heterocycles. The van der Waals surface area contributed by atoms with Crippen molar-refractivity contribution in [1.82, 2.24) is 9.88 Å². The van der Waals surface area contributed by atoms with Crippen molar-refractivity contribution in [2.45, 2.75) is 32.4 Å². The lowest BCUT2D eigenvalue weighted by molar-refractivity contribution is 0.327. The van der Waals surface area contributed by atoms with Gasteiger partial charge in [0, 0.05) is 37.4 Å². The normalized spacial score (nSPS) is 21.9. The number of likely N-dealkylation sites (N-methyl/N-ethyl adjacent to an activating group) is 1. The van der Waals surface area contributed by atoms with E-state index in [1.54, 1.807) is 0 Å². The van der Waals surface area contributed by atoms with Crippen LogP contribution in [-0.2, 0) is 6.54 Å². The predicted molar refractivity (Wildman–Crippen MR) is 75.7 cm³/mol. The van der Waals surface area contributed by atoms with E-state index in [9.17, 15) is 0 Å². The van der Waals surface area contributed by atoms with Crippen LogP contribution >= 0.6 is 0 Å². The summed E-state index contributed by atoms with van der Waals surface area (Å²) in [5.74, 6) is 1.09. The highest BCUT2D eigenvalue weighted by Crippen LogP contribution is 2.23. The van der Waals surface area contributed by atoms with E-state index in [4.69, 9.17) is 5.73 Å². The molecule has 0 aromatic carbocycles. The molecule has 100 valence electrons. The van der Waals surface area contributed by atoms with Crippen LogP contribution in [0.25, 0.3) is 0 Å². The number of nitrogens with two attached hydrogens (primary N) is 1. The van der Waals surface area contributed by atoms with Gasteiger partial charge >= 0.3 is 0 Å².